The van der Waals surface area contributed by atoms with Gasteiger partial charge in [-0.3, -0.25) is 4.57 Å². The van der Waals surface area contributed by atoms with Crippen LogP contribution in [0.4, 0.5) is 13.2 Å². The molecule has 0 saturated heterocycles. The maximum Gasteiger partial charge on any atom is 0.416 e. The second kappa shape index (κ2) is 9.00. The quantitative estimate of drug-likeness (QED) is 0.340. The topological polar surface area (TPSA) is 35.5 Å². The zero-order valence-electron chi connectivity index (χ0n) is 16.1. The fraction of sp³-hybridized carbons (Fsp3) is 0.333. The summed E-state index contributed by atoms with van der Waals surface area (Å²) in [5.74, 6) is 0. The van der Waals surface area contributed by atoms with Crippen molar-refractivity contribution in [2.45, 2.75) is 32.1 Å². The van der Waals surface area contributed by atoms with Gasteiger partial charge in [-0.2, -0.15) is 13.2 Å². The largest absolute Gasteiger partial charge is 0.416 e. The van der Waals surface area contributed by atoms with Gasteiger partial charge < -0.3 is 9.05 Å². The fourth-order valence-corrected chi connectivity index (χ4v) is 6.78. The highest BCUT2D eigenvalue weighted by Crippen LogP contribution is 2.63. The van der Waals surface area contributed by atoms with Crippen LogP contribution in [-0.2, 0) is 26.2 Å². The Bertz CT molecular complexity index is 973. The lowest BCUT2D eigenvalue weighted by Gasteiger charge is -2.26. The highest BCUT2D eigenvalue weighted by Gasteiger charge is 2.38. The van der Waals surface area contributed by atoms with E-state index >= 15 is 0 Å². The Morgan fingerprint density at radius 1 is 1.00 bits per heavy atom. The van der Waals surface area contributed by atoms with Gasteiger partial charge in [-0.05, 0) is 49.4 Å². The molecule has 0 radical (unpaired) electrons. The minimum Gasteiger partial charge on any atom is -0.308 e. The molecular weight excluding hydrogens is 420 g/mol. The second-order valence-electron chi connectivity index (χ2n) is 6.48. The maximum atomic E-state index is 13.6. The Hall–Kier alpha value is -1.66. The van der Waals surface area contributed by atoms with E-state index in [0.717, 1.165) is 27.1 Å². The first kappa shape index (κ1) is 22.0. The SMILES string of the molecule is CCOP(=O)(OCC)C(Cc1cccc(C(F)(F)F)c1)c1cc2ccccc2s1. The lowest BCUT2D eigenvalue weighted by Crippen LogP contribution is -2.10. The van der Waals surface area contributed by atoms with Crippen LogP contribution in [0, 0.1) is 0 Å². The van der Waals surface area contributed by atoms with Crippen molar-refractivity contribution < 1.29 is 26.8 Å². The molecular formula is C21H22F3O3PS. The smallest absolute Gasteiger partial charge is 0.308 e. The summed E-state index contributed by atoms with van der Waals surface area (Å²) in [6.07, 6.45) is -4.32. The van der Waals surface area contributed by atoms with Crippen molar-refractivity contribution >= 4 is 29.0 Å². The van der Waals surface area contributed by atoms with Gasteiger partial charge in [0.15, 0.2) is 0 Å². The molecule has 0 aliphatic heterocycles. The van der Waals surface area contributed by atoms with Crippen LogP contribution in [-0.4, -0.2) is 13.2 Å². The number of alkyl halides is 3. The van der Waals surface area contributed by atoms with Crippen LogP contribution in [0.5, 0.6) is 0 Å². The summed E-state index contributed by atoms with van der Waals surface area (Å²) in [5.41, 5.74) is -0.988. The Morgan fingerprint density at radius 2 is 1.69 bits per heavy atom. The monoisotopic (exact) mass is 442 g/mol. The van der Waals surface area contributed by atoms with Crippen molar-refractivity contribution in [2.75, 3.05) is 13.2 Å². The van der Waals surface area contributed by atoms with Crippen LogP contribution < -0.4 is 0 Å². The van der Waals surface area contributed by atoms with Crippen LogP contribution in [0.2, 0.25) is 0 Å². The summed E-state index contributed by atoms with van der Waals surface area (Å²) in [6.45, 7) is 3.80. The van der Waals surface area contributed by atoms with Gasteiger partial charge in [0.1, 0.15) is 0 Å². The van der Waals surface area contributed by atoms with Gasteiger partial charge in [-0.15, -0.1) is 11.3 Å². The number of benzene rings is 2. The molecule has 2 aromatic carbocycles. The Morgan fingerprint density at radius 3 is 2.31 bits per heavy atom. The molecule has 3 nitrogen and oxygen atoms in total. The number of hydrogen-bond donors (Lipinski definition) is 0. The summed E-state index contributed by atoms with van der Waals surface area (Å²) in [7, 11) is -3.60. The van der Waals surface area contributed by atoms with E-state index in [-0.39, 0.29) is 19.6 Å². The molecule has 0 amide bonds. The molecule has 1 aromatic heterocycles. The van der Waals surface area contributed by atoms with Crippen molar-refractivity contribution in [1.82, 2.24) is 0 Å². The Balaban J connectivity index is 2.06. The van der Waals surface area contributed by atoms with E-state index in [1.807, 2.05) is 30.3 Å². The number of halogens is 3. The summed E-state index contributed by atoms with van der Waals surface area (Å²) in [6, 6.07) is 14.7. The first-order chi connectivity index (χ1) is 13.8. The lowest BCUT2D eigenvalue weighted by atomic mass is 10.0. The third kappa shape index (κ3) is 5.10. The molecule has 0 aliphatic carbocycles. The molecule has 0 saturated carbocycles. The number of rotatable bonds is 8. The fourth-order valence-electron chi connectivity index (χ4n) is 3.21. The molecule has 0 N–H and O–H groups in total. The van der Waals surface area contributed by atoms with Gasteiger partial charge in [-0.25, -0.2) is 0 Å². The maximum absolute atomic E-state index is 13.6. The average Bonchev–Trinajstić information content (AvgIpc) is 3.09. The van der Waals surface area contributed by atoms with E-state index in [2.05, 4.69) is 0 Å². The van der Waals surface area contributed by atoms with Gasteiger partial charge in [0.05, 0.1) is 24.4 Å². The van der Waals surface area contributed by atoms with E-state index in [4.69, 9.17) is 9.05 Å². The third-order valence-corrected chi connectivity index (χ3v) is 8.32. The molecule has 0 spiro atoms. The summed E-state index contributed by atoms with van der Waals surface area (Å²) in [4.78, 5) is 0.772. The van der Waals surface area contributed by atoms with Crippen LogP contribution in [0.3, 0.4) is 0 Å². The van der Waals surface area contributed by atoms with E-state index < -0.39 is 25.0 Å². The molecule has 156 valence electrons. The summed E-state index contributed by atoms with van der Waals surface area (Å²) >= 11 is 1.46. The first-order valence-corrected chi connectivity index (χ1v) is 11.7. The minimum atomic E-state index is -4.44. The third-order valence-electron chi connectivity index (χ3n) is 4.46. The summed E-state index contributed by atoms with van der Waals surface area (Å²) < 4.78 is 65.2. The van der Waals surface area contributed by atoms with Gasteiger partial charge >= 0.3 is 13.8 Å². The molecule has 8 heteroatoms. The highest BCUT2D eigenvalue weighted by atomic mass is 32.1. The van der Waals surface area contributed by atoms with Crippen molar-refractivity contribution in [2.24, 2.45) is 0 Å². The molecule has 1 atom stereocenters. The molecule has 3 aromatic rings. The zero-order chi connectivity index (χ0) is 21.1. The van der Waals surface area contributed by atoms with E-state index in [1.54, 1.807) is 19.9 Å². The van der Waals surface area contributed by atoms with Gasteiger partial charge in [-0.1, -0.05) is 36.4 Å². The van der Waals surface area contributed by atoms with Crippen molar-refractivity contribution in [3.63, 3.8) is 0 Å². The van der Waals surface area contributed by atoms with Crippen LogP contribution in [0.25, 0.3) is 10.1 Å². The molecule has 0 bridgehead atoms. The molecule has 1 unspecified atom stereocenters. The van der Waals surface area contributed by atoms with Crippen molar-refractivity contribution in [1.29, 1.82) is 0 Å². The van der Waals surface area contributed by atoms with E-state index in [0.29, 0.717) is 5.56 Å². The molecule has 0 aliphatic rings. The number of fused-ring (bicyclic) bond motifs is 1. The highest BCUT2D eigenvalue weighted by molar-refractivity contribution is 7.54. The van der Waals surface area contributed by atoms with Crippen LogP contribution in [0.1, 0.15) is 35.5 Å². The van der Waals surface area contributed by atoms with Crippen LogP contribution in [0.15, 0.2) is 54.6 Å². The van der Waals surface area contributed by atoms with Crippen molar-refractivity contribution in [3.8, 4) is 0 Å². The first-order valence-electron chi connectivity index (χ1n) is 9.30. The van der Waals surface area contributed by atoms with Crippen LogP contribution >= 0.6 is 18.9 Å². The standard InChI is InChI=1S/C21H22F3O3PS/c1-3-26-28(25,27-4-2)18(20-14-16-9-5-6-11-19(16)29-20)13-15-8-7-10-17(12-15)21(22,23)24/h5-12,14,18H,3-4,13H2,1-2H3. The average molecular weight is 442 g/mol. The van der Waals surface area contributed by atoms with E-state index in [9.17, 15) is 17.7 Å². The number of thiophene rings is 1. The van der Waals surface area contributed by atoms with E-state index in [1.165, 1.54) is 17.4 Å². The minimum absolute atomic E-state index is 0.119. The Kier molecular flexibility index (Phi) is 6.84. The normalized spacial score (nSPS) is 13.7. The predicted octanol–water partition coefficient (Wildman–Crippen LogP) is 7.47. The summed E-state index contributed by atoms with van der Waals surface area (Å²) in [5, 5.41) is 0.987. The zero-order valence-corrected chi connectivity index (χ0v) is 17.8. The molecule has 1 heterocycles. The van der Waals surface area contributed by atoms with Gasteiger partial charge in [0, 0.05) is 9.58 Å². The lowest BCUT2D eigenvalue weighted by molar-refractivity contribution is -0.137. The van der Waals surface area contributed by atoms with Gasteiger partial charge in [0.2, 0.25) is 0 Å². The van der Waals surface area contributed by atoms with Crippen molar-refractivity contribution in [3.05, 3.63) is 70.6 Å². The number of hydrogen-bond acceptors (Lipinski definition) is 4. The molecule has 29 heavy (non-hydrogen) atoms. The predicted molar refractivity (Wildman–Crippen MR) is 111 cm³/mol. The van der Waals surface area contributed by atoms with Gasteiger partial charge in [0.25, 0.3) is 0 Å². The molecule has 3 rings (SSSR count). The Labute approximate surface area is 172 Å². The molecule has 0 fully saturated rings. The second-order valence-corrected chi connectivity index (χ2v) is 9.81.